The van der Waals surface area contributed by atoms with Crippen molar-refractivity contribution in [3.05, 3.63) is 112 Å². The van der Waals surface area contributed by atoms with Crippen LogP contribution < -0.4 is 10.6 Å². The maximum atomic E-state index is 11.8. The molecule has 1 aliphatic rings. The van der Waals surface area contributed by atoms with Gasteiger partial charge < -0.3 is 29.8 Å². The summed E-state index contributed by atoms with van der Waals surface area (Å²) in [5, 5.41) is 15.7. The number of amides is 2. The molecule has 1 aromatic heterocycles. The molecule has 2 heterocycles. The Bertz CT molecular complexity index is 1480. The number of nitrogens with one attached hydrogen (secondary N) is 2. The van der Waals surface area contributed by atoms with Crippen molar-refractivity contribution in [1.29, 1.82) is 0 Å². The Labute approximate surface area is 249 Å². The first-order valence-corrected chi connectivity index (χ1v) is 14.3. The molecule has 214 valence electrons. The number of carbonyl (C=O) groups is 1. The predicted molar refractivity (Wildman–Crippen MR) is 158 cm³/mol. The van der Waals surface area contributed by atoms with E-state index in [2.05, 4.69) is 27.8 Å². The van der Waals surface area contributed by atoms with Gasteiger partial charge >= 0.3 is 6.03 Å². The van der Waals surface area contributed by atoms with E-state index in [9.17, 15) is 9.90 Å². The molecule has 3 atom stereocenters. The van der Waals surface area contributed by atoms with Crippen LogP contribution in [0.4, 0.5) is 4.79 Å². The van der Waals surface area contributed by atoms with Crippen LogP contribution in [-0.4, -0.2) is 33.3 Å². The number of imidazole rings is 1. The number of aliphatic hydroxyl groups is 1. The maximum Gasteiger partial charge on any atom is 0.315 e. The van der Waals surface area contributed by atoms with Crippen molar-refractivity contribution in [3.8, 4) is 11.1 Å². The van der Waals surface area contributed by atoms with Gasteiger partial charge in [0.2, 0.25) is 0 Å². The lowest BCUT2D eigenvalue weighted by Gasteiger charge is -2.36. The van der Waals surface area contributed by atoms with Crippen molar-refractivity contribution in [2.45, 2.75) is 51.5 Å². The van der Waals surface area contributed by atoms with Gasteiger partial charge in [-0.2, -0.15) is 0 Å². The molecule has 0 unspecified atom stereocenters. The molecule has 0 radical (unpaired) electrons. The highest BCUT2D eigenvalue weighted by Crippen LogP contribution is 2.39. The van der Waals surface area contributed by atoms with Crippen LogP contribution in [-0.2, 0) is 29.2 Å². The monoisotopic (exact) mass is 594 g/mol. The van der Waals surface area contributed by atoms with E-state index in [4.69, 9.17) is 32.7 Å². The lowest BCUT2D eigenvalue weighted by atomic mass is 9.98. The van der Waals surface area contributed by atoms with Gasteiger partial charge in [-0.15, -0.1) is 0 Å². The van der Waals surface area contributed by atoms with Gasteiger partial charge in [-0.3, -0.25) is 0 Å². The molecule has 5 rings (SSSR count). The molecule has 8 nitrogen and oxygen atoms in total. The van der Waals surface area contributed by atoms with Crippen LogP contribution in [0.25, 0.3) is 11.1 Å². The summed E-state index contributed by atoms with van der Waals surface area (Å²) in [6.07, 6.45) is 1.11. The Morgan fingerprint density at radius 2 is 1.73 bits per heavy atom. The Balaban J connectivity index is 1.39. The number of hydrogen-bond donors (Lipinski definition) is 3. The second-order valence-electron chi connectivity index (χ2n) is 9.87. The van der Waals surface area contributed by atoms with E-state index in [-0.39, 0.29) is 30.0 Å². The van der Waals surface area contributed by atoms with Gasteiger partial charge in [-0.1, -0.05) is 83.9 Å². The second-order valence-corrected chi connectivity index (χ2v) is 10.6. The molecular formula is C31H32Cl2N4O4. The molecule has 0 spiro atoms. The molecule has 4 aromatic rings. The largest absolute Gasteiger partial charge is 0.392 e. The van der Waals surface area contributed by atoms with Crippen molar-refractivity contribution in [3.63, 3.8) is 0 Å². The van der Waals surface area contributed by atoms with Crippen LogP contribution in [0.5, 0.6) is 0 Å². The first-order chi connectivity index (χ1) is 19.9. The minimum atomic E-state index is -0.628. The highest BCUT2D eigenvalue weighted by Gasteiger charge is 2.33. The molecule has 3 aromatic carbocycles. The standard InChI is InChI=1S/C31H32Cl2N4O4/c1-2-34-31(39)35-16-21-5-3-6-23(13-21)24-7-4-8-25(14-24)30-40-26(17-37-19-36-28(32)29(37)33)15-27(41-30)22-11-9-20(18-38)10-12-22/h3-14,19,26-27,30,38H,2,15-18H2,1H3,(H2,34,35,39)/t26-,27+,30+/m1/s1. The zero-order valence-electron chi connectivity index (χ0n) is 22.6. The average Bonchev–Trinajstić information content (AvgIpc) is 3.32. The summed E-state index contributed by atoms with van der Waals surface area (Å²) in [5.74, 6) is 0. The fourth-order valence-electron chi connectivity index (χ4n) is 4.85. The van der Waals surface area contributed by atoms with Gasteiger partial charge in [0.1, 0.15) is 5.15 Å². The highest BCUT2D eigenvalue weighted by molar-refractivity contribution is 6.40. The van der Waals surface area contributed by atoms with Gasteiger partial charge in [0.05, 0.1) is 31.7 Å². The average molecular weight is 596 g/mol. The van der Waals surface area contributed by atoms with Crippen molar-refractivity contribution in [2.75, 3.05) is 6.54 Å². The minimum Gasteiger partial charge on any atom is -0.392 e. The van der Waals surface area contributed by atoms with Gasteiger partial charge in [0.15, 0.2) is 11.4 Å². The third-order valence-electron chi connectivity index (χ3n) is 6.96. The number of rotatable bonds is 9. The zero-order valence-corrected chi connectivity index (χ0v) is 24.1. The van der Waals surface area contributed by atoms with Gasteiger partial charge in [-0.05, 0) is 46.9 Å². The number of halogens is 2. The molecule has 0 bridgehead atoms. The van der Waals surface area contributed by atoms with E-state index < -0.39 is 6.29 Å². The molecule has 1 fully saturated rings. The van der Waals surface area contributed by atoms with E-state index in [0.717, 1.165) is 33.4 Å². The third-order valence-corrected chi connectivity index (χ3v) is 7.73. The lowest BCUT2D eigenvalue weighted by molar-refractivity contribution is -0.252. The highest BCUT2D eigenvalue weighted by atomic mass is 35.5. The Hall–Kier alpha value is -3.40. The van der Waals surface area contributed by atoms with Crippen molar-refractivity contribution in [2.24, 2.45) is 0 Å². The fraction of sp³-hybridized carbons (Fsp3) is 0.290. The number of urea groups is 1. The molecule has 2 amide bonds. The number of hydrogen-bond acceptors (Lipinski definition) is 5. The van der Waals surface area contributed by atoms with Gasteiger partial charge in [0, 0.05) is 25.1 Å². The number of aromatic nitrogens is 2. The van der Waals surface area contributed by atoms with E-state index in [0.29, 0.717) is 31.2 Å². The second kappa shape index (κ2) is 13.5. The first kappa shape index (κ1) is 29.1. The predicted octanol–water partition coefficient (Wildman–Crippen LogP) is 6.41. The number of aliphatic hydroxyl groups excluding tert-OH is 1. The van der Waals surface area contributed by atoms with Crippen molar-refractivity contribution in [1.82, 2.24) is 20.2 Å². The number of ether oxygens (including phenoxy) is 2. The van der Waals surface area contributed by atoms with Crippen molar-refractivity contribution < 1.29 is 19.4 Å². The Morgan fingerprint density at radius 1 is 0.976 bits per heavy atom. The van der Waals surface area contributed by atoms with E-state index in [1.807, 2.05) is 67.6 Å². The third kappa shape index (κ3) is 7.28. The summed E-state index contributed by atoms with van der Waals surface area (Å²) >= 11 is 12.4. The first-order valence-electron chi connectivity index (χ1n) is 13.5. The van der Waals surface area contributed by atoms with Crippen LogP contribution in [0.15, 0.2) is 79.1 Å². The van der Waals surface area contributed by atoms with Crippen molar-refractivity contribution >= 4 is 29.2 Å². The van der Waals surface area contributed by atoms with Crippen LogP contribution in [0.2, 0.25) is 10.3 Å². The summed E-state index contributed by atoms with van der Waals surface area (Å²) in [6.45, 7) is 3.32. The molecule has 3 N–H and O–H groups in total. The van der Waals surface area contributed by atoms with Crippen LogP contribution in [0.1, 0.15) is 48.0 Å². The fourth-order valence-corrected chi connectivity index (χ4v) is 5.17. The quantitative estimate of drug-likeness (QED) is 0.208. The SMILES string of the molecule is CCNC(=O)NCc1cccc(-c2cccc([C@H]3O[C@@H](Cn4cnc(Cl)c4Cl)C[C@@H](c4ccc(CO)cc4)O3)c2)c1. The smallest absolute Gasteiger partial charge is 0.315 e. The lowest BCUT2D eigenvalue weighted by Crippen LogP contribution is -2.34. The van der Waals surface area contributed by atoms with E-state index in [1.54, 1.807) is 10.9 Å². The zero-order chi connectivity index (χ0) is 28.8. The molecule has 0 aliphatic carbocycles. The molecule has 10 heteroatoms. The molecule has 41 heavy (non-hydrogen) atoms. The summed E-state index contributed by atoms with van der Waals surface area (Å²) in [5.41, 5.74) is 5.73. The summed E-state index contributed by atoms with van der Waals surface area (Å²) in [7, 11) is 0. The van der Waals surface area contributed by atoms with E-state index in [1.165, 1.54) is 0 Å². The molecular weight excluding hydrogens is 563 g/mol. The van der Waals surface area contributed by atoms with Gasteiger partial charge in [-0.25, -0.2) is 9.78 Å². The molecule has 0 saturated carbocycles. The Morgan fingerprint density at radius 3 is 2.44 bits per heavy atom. The Kier molecular flexibility index (Phi) is 9.59. The summed E-state index contributed by atoms with van der Waals surface area (Å²) in [4.78, 5) is 15.9. The number of nitrogens with zero attached hydrogens (tertiary/aromatic N) is 2. The summed E-state index contributed by atoms with van der Waals surface area (Å²) in [6, 6.07) is 23.7. The van der Waals surface area contributed by atoms with Crippen LogP contribution in [0, 0.1) is 0 Å². The van der Waals surface area contributed by atoms with Crippen LogP contribution >= 0.6 is 23.2 Å². The molecule has 1 aliphatic heterocycles. The van der Waals surface area contributed by atoms with Crippen LogP contribution in [0.3, 0.4) is 0 Å². The minimum absolute atomic E-state index is 0.0178. The topological polar surface area (TPSA) is 97.6 Å². The van der Waals surface area contributed by atoms with Gasteiger partial charge in [0.25, 0.3) is 0 Å². The molecule has 1 saturated heterocycles. The van der Waals surface area contributed by atoms with E-state index >= 15 is 0 Å². The normalized spacial score (nSPS) is 18.7. The maximum absolute atomic E-state index is 11.8. The number of benzene rings is 3. The number of carbonyl (C=O) groups excluding carboxylic acids is 1. The summed E-state index contributed by atoms with van der Waals surface area (Å²) < 4.78 is 14.8.